The van der Waals surface area contributed by atoms with Gasteiger partial charge in [-0.1, -0.05) is 30.3 Å². The van der Waals surface area contributed by atoms with Crippen LogP contribution >= 0.6 is 0 Å². The van der Waals surface area contributed by atoms with Gasteiger partial charge >= 0.3 is 0 Å². The Morgan fingerprint density at radius 2 is 1.90 bits per heavy atom. The van der Waals surface area contributed by atoms with E-state index in [2.05, 4.69) is 12.1 Å². The number of carbonyl (C=O) groups excluding carboxylic acids is 1. The molecule has 3 nitrogen and oxygen atoms in total. The predicted octanol–water partition coefficient (Wildman–Crippen LogP) is 2.41. The molecule has 0 bridgehead atoms. The second-order valence-electron chi connectivity index (χ2n) is 5.17. The molecule has 2 N–H and O–H groups in total. The lowest BCUT2D eigenvalue weighted by molar-refractivity contribution is -0.119. The van der Waals surface area contributed by atoms with Gasteiger partial charge in [0.05, 0.1) is 13.0 Å². The lowest BCUT2D eigenvalue weighted by Gasteiger charge is -2.15. The van der Waals surface area contributed by atoms with Crippen LogP contribution in [0, 0.1) is 0 Å². The Kier molecular flexibility index (Phi) is 3.18. The molecule has 1 amide bonds. The summed E-state index contributed by atoms with van der Waals surface area (Å²) in [6.45, 7) is 0. The van der Waals surface area contributed by atoms with Gasteiger partial charge in [-0.15, -0.1) is 0 Å². The summed E-state index contributed by atoms with van der Waals surface area (Å²) in [5, 5.41) is 0. The lowest BCUT2D eigenvalue weighted by Crippen LogP contribution is -2.23. The zero-order chi connectivity index (χ0) is 14.1. The van der Waals surface area contributed by atoms with Gasteiger partial charge in [-0.05, 0) is 47.2 Å². The first-order valence-electron chi connectivity index (χ1n) is 6.72. The fourth-order valence-electron chi connectivity index (χ4n) is 2.90. The summed E-state index contributed by atoms with van der Waals surface area (Å²) in [6.07, 6.45) is 1.49. The molecule has 2 aromatic rings. The number of methoxy groups -OCH3 is 1. The van der Waals surface area contributed by atoms with Crippen molar-refractivity contribution in [2.45, 2.75) is 18.8 Å². The first kappa shape index (κ1) is 12.7. The number of ether oxygens (including phenoxy) is 1. The standard InChI is InChI=1S/C17H17NO2/c1-20-14-7-6-13-8-11-4-2-3-5-12(11)9-16(17(18)19)15(13)10-14/h2-7,10,16H,8-9H2,1H3,(H2,18,19). The van der Waals surface area contributed by atoms with Crippen molar-refractivity contribution >= 4 is 5.91 Å². The molecular formula is C17H17NO2. The van der Waals surface area contributed by atoms with Gasteiger partial charge in [0.25, 0.3) is 0 Å². The first-order valence-corrected chi connectivity index (χ1v) is 6.72. The summed E-state index contributed by atoms with van der Waals surface area (Å²) in [5.41, 5.74) is 10.2. The summed E-state index contributed by atoms with van der Waals surface area (Å²) in [7, 11) is 1.63. The van der Waals surface area contributed by atoms with Crippen molar-refractivity contribution in [1.29, 1.82) is 0 Å². The van der Waals surface area contributed by atoms with Gasteiger partial charge in [0.2, 0.25) is 5.91 Å². The Labute approximate surface area is 118 Å². The molecule has 0 saturated carbocycles. The van der Waals surface area contributed by atoms with Crippen molar-refractivity contribution in [2.75, 3.05) is 7.11 Å². The van der Waals surface area contributed by atoms with E-state index in [1.54, 1.807) is 7.11 Å². The Balaban J connectivity index is 2.16. The van der Waals surface area contributed by atoms with Crippen molar-refractivity contribution in [3.63, 3.8) is 0 Å². The summed E-state index contributed by atoms with van der Waals surface area (Å²) in [4.78, 5) is 11.9. The maximum absolute atomic E-state index is 11.9. The Hall–Kier alpha value is -2.29. The lowest BCUT2D eigenvalue weighted by atomic mass is 9.90. The van der Waals surface area contributed by atoms with E-state index in [0.717, 1.165) is 23.3 Å². The zero-order valence-electron chi connectivity index (χ0n) is 11.4. The van der Waals surface area contributed by atoms with Crippen LogP contribution in [0.25, 0.3) is 0 Å². The number of hydrogen-bond acceptors (Lipinski definition) is 2. The SMILES string of the molecule is COc1ccc2c(c1)C(C(N)=O)Cc1ccccc1C2. The van der Waals surface area contributed by atoms with Crippen molar-refractivity contribution in [2.24, 2.45) is 5.73 Å². The molecule has 1 unspecified atom stereocenters. The number of carbonyl (C=O) groups is 1. The van der Waals surface area contributed by atoms with Gasteiger partial charge in [0.1, 0.15) is 5.75 Å². The van der Waals surface area contributed by atoms with Gasteiger partial charge in [-0.25, -0.2) is 0 Å². The van der Waals surface area contributed by atoms with Crippen LogP contribution < -0.4 is 10.5 Å². The molecule has 1 aliphatic rings. The molecular weight excluding hydrogens is 250 g/mol. The van der Waals surface area contributed by atoms with Crippen LogP contribution in [0.15, 0.2) is 42.5 Å². The van der Waals surface area contributed by atoms with Crippen molar-refractivity contribution in [3.8, 4) is 5.75 Å². The molecule has 102 valence electrons. The number of primary amides is 1. The van der Waals surface area contributed by atoms with E-state index in [4.69, 9.17) is 10.5 Å². The fraction of sp³-hybridized carbons (Fsp3) is 0.235. The van der Waals surface area contributed by atoms with E-state index < -0.39 is 0 Å². The molecule has 20 heavy (non-hydrogen) atoms. The van der Waals surface area contributed by atoms with Gasteiger partial charge in [0.15, 0.2) is 0 Å². The normalized spacial score (nSPS) is 16.8. The molecule has 0 radical (unpaired) electrons. The number of nitrogens with two attached hydrogens (primary N) is 1. The molecule has 0 aromatic heterocycles. The van der Waals surface area contributed by atoms with E-state index in [0.29, 0.717) is 6.42 Å². The highest BCUT2D eigenvalue weighted by Crippen LogP contribution is 2.33. The third kappa shape index (κ3) is 2.16. The van der Waals surface area contributed by atoms with Crippen LogP contribution in [0.4, 0.5) is 0 Å². The summed E-state index contributed by atoms with van der Waals surface area (Å²) in [6, 6.07) is 14.1. The monoisotopic (exact) mass is 267 g/mol. The number of amides is 1. The molecule has 0 spiro atoms. The van der Waals surface area contributed by atoms with Crippen molar-refractivity contribution in [1.82, 2.24) is 0 Å². The number of benzene rings is 2. The van der Waals surface area contributed by atoms with Crippen LogP contribution in [-0.2, 0) is 17.6 Å². The number of rotatable bonds is 2. The summed E-state index contributed by atoms with van der Waals surface area (Å²) < 4.78 is 5.27. The molecule has 3 rings (SSSR count). The first-order chi connectivity index (χ1) is 9.69. The topological polar surface area (TPSA) is 52.3 Å². The van der Waals surface area contributed by atoms with Crippen LogP contribution in [-0.4, -0.2) is 13.0 Å². The highest BCUT2D eigenvalue weighted by Gasteiger charge is 2.26. The molecule has 0 aliphatic heterocycles. The summed E-state index contributed by atoms with van der Waals surface area (Å²) >= 11 is 0. The minimum atomic E-state index is -0.288. The molecule has 0 fully saturated rings. The van der Waals surface area contributed by atoms with E-state index >= 15 is 0 Å². The third-order valence-corrected chi connectivity index (χ3v) is 4.00. The van der Waals surface area contributed by atoms with E-state index in [9.17, 15) is 4.79 Å². The molecule has 0 saturated heterocycles. The number of hydrogen-bond donors (Lipinski definition) is 1. The van der Waals surface area contributed by atoms with Gasteiger partial charge in [0, 0.05) is 0 Å². The third-order valence-electron chi connectivity index (χ3n) is 4.00. The van der Waals surface area contributed by atoms with Crippen LogP contribution in [0.1, 0.15) is 28.2 Å². The smallest absolute Gasteiger partial charge is 0.225 e. The second-order valence-corrected chi connectivity index (χ2v) is 5.17. The second kappa shape index (κ2) is 5.00. The van der Waals surface area contributed by atoms with Crippen LogP contribution in [0.5, 0.6) is 5.75 Å². The van der Waals surface area contributed by atoms with Gasteiger partial charge < -0.3 is 10.5 Å². The Bertz CT molecular complexity index is 664. The summed E-state index contributed by atoms with van der Waals surface area (Å²) in [5.74, 6) is 0.195. The molecule has 1 aliphatic carbocycles. The van der Waals surface area contributed by atoms with Gasteiger partial charge in [-0.3, -0.25) is 4.79 Å². The Morgan fingerprint density at radius 3 is 2.60 bits per heavy atom. The van der Waals surface area contributed by atoms with Crippen LogP contribution in [0.2, 0.25) is 0 Å². The maximum atomic E-state index is 11.9. The fourth-order valence-corrected chi connectivity index (χ4v) is 2.90. The molecule has 0 heterocycles. The highest BCUT2D eigenvalue weighted by molar-refractivity contribution is 5.83. The average Bonchev–Trinajstić information content (AvgIpc) is 2.62. The largest absolute Gasteiger partial charge is 0.497 e. The molecule has 1 atom stereocenters. The molecule has 2 aromatic carbocycles. The van der Waals surface area contributed by atoms with Gasteiger partial charge in [-0.2, -0.15) is 0 Å². The molecule has 3 heteroatoms. The van der Waals surface area contributed by atoms with Crippen molar-refractivity contribution in [3.05, 3.63) is 64.7 Å². The minimum Gasteiger partial charge on any atom is -0.497 e. The minimum absolute atomic E-state index is 0.281. The predicted molar refractivity (Wildman–Crippen MR) is 77.9 cm³/mol. The highest BCUT2D eigenvalue weighted by atomic mass is 16.5. The number of fused-ring (bicyclic) bond motifs is 2. The van der Waals surface area contributed by atoms with E-state index in [1.807, 2.05) is 30.3 Å². The van der Waals surface area contributed by atoms with Crippen LogP contribution in [0.3, 0.4) is 0 Å². The quantitative estimate of drug-likeness (QED) is 0.908. The van der Waals surface area contributed by atoms with E-state index in [1.165, 1.54) is 11.1 Å². The maximum Gasteiger partial charge on any atom is 0.225 e. The average molecular weight is 267 g/mol. The zero-order valence-corrected chi connectivity index (χ0v) is 11.4. The van der Waals surface area contributed by atoms with E-state index in [-0.39, 0.29) is 11.8 Å². The van der Waals surface area contributed by atoms with Crippen molar-refractivity contribution < 1.29 is 9.53 Å². The Morgan fingerprint density at radius 1 is 1.15 bits per heavy atom.